The van der Waals surface area contributed by atoms with Crippen LogP contribution in [0.4, 0.5) is 0 Å². The molecular weight excluding hydrogens is 278 g/mol. The number of carbonyl (C=O) groups is 1. The van der Waals surface area contributed by atoms with Crippen LogP contribution < -0.4 is 0 Å². The van der Waals surface area contributed by atoms with Gasteiger partial charge in [-0.1, -0.05) is 0 Å². The molecule has 1 saturated heterocycles. The third kappa shape index (κ3) is 3.16. The summed E-state index contributed by atoms with van der Waals surface area (Å²) in [6.07, 6.45) is 9.32. The van der Waals surface area contributed by atoms with Crippen molar-refractivity contribution in [3.63, 3.8) is 0 Å². The van der Waals surface area contributed by atoms with Gasteiger partial charge in [-0.25, -0.2) is 4.98 Å². The largest absolute Gasteiger partial charge is 0.343 e. The number of hydrogen-bond donors (Lipinski definition) is 0. The van der Waals surface area contributed by atoms with Gasteiger partial charge in [0.25, 0.3) is 0 Å². The first-order valence-electron chi connectivity index (χ1n) is 7.75. The topological polar surface area (TPSA) is 63.9 Å². The molecule has 6 nitrogen and oxygen atoms in total. The minimum Gasteiger partial charge on any atom is -0.343 e. The van der Waals surface area contributed by atoms with E-state index in [9.17, 15) is 4.79 Å². The Morgan fingerprint density at radius 1 is 1.36 bits per heavy atom. The zero-order chi connectivity index (χ0) is 15.5. The van der Waals surface area contributed by atoms with Gasteiger partial charge in [0.15, 0.2) is 0 Å². The Balaban J connectivity index is 1.70. The van der Waals surface area contributed by atoms with Crippen LogP contribution in [-0.4, -0.2) is 43.6 Å². The molecular formula is C16H21N5O. The maximum absolute atomic E-state index is 11.4. The van der Waals surface area contributed by atoms with E-state index in [1.807, 2.05) is 28.2 Å². The fourth-order valence-electron chi connectivity index (χ4n) is 2.89. The summed E-state index contributed by atoms with van der Waals surface area (Å²) in [6, 6.07) is 0. The first kappa shape index (κ1) is 14.7. The highest BCUT2D eigenvalue weighted by Crippen LogP contribution is 2.21. The Labute approximate surface area is 130 Å². The lowest BCUT2D eigenvalue weighted by atomic mass is 10.0. The fraction of sp³-hybridized carbons (Fsp3) is 0.500. The maximum atomic E-state index is 11.4. The zero-order valence-corrected chi connectivity index (χ0v) is 13.1. The monoisotopic (exact) mass is 299 g/mol. The smallest absolute Gasteiger partial charge is 0.219 e. The van der Waals surface area contributed by atoms with Crippen molar-refractivity contribution >= 4 is 5.91 Å². The summed E-state index contributed by atoms with van der Waals surface area (Å²) in [5.41, 5.74) is 2.84. The highest BCUT2D eigenvalue weighted by Gasteiger charge is 2.24. The van der Waals surface area contributed by atoms with Crippen LogP contribution in [0.5, 0.6) is 0 Å². The van der Waals surface area contributed by atoms with Gasteiger partial charge in [-0.2, -0.15) is 5.10 Å². The summed E-state index contributed by atoms with van der Waals surface area (Å²) < 4.78 is 1.88. The van der Waals surface area contributed by atoms with Crippen molar-refractivity contribution < 1.29 is 4.79 Å². The molecule has 1 aliphatic heterocycles. The third-order valence-electron chi connectivity index (χ3n) is 4.17. The lowest BCUT2D eigenvalue weighted by Crippen LogP contribution is -2.26. The van der Waals surface area contributed by atoms with Gasteiger partial charge in [0.05, 0.1) is 23.8 Å². The van der Waals surface area contributed by atoms with Crippen LogP contribution in [-0.2, 0) is 17.8 Å². The first-order chi connectivity index (χ1) is 10.7. The molecule has 3 rings (SSSR count). The second-order valence-corrected chi connectivity index (χ2v) is 5.80. The van der Waals surface area contributed by atoms with E-state index in [4.69, 9.17) is 4.98 Å². The Kier molecular flexibility index (Phi) is 4.18. The van der Waals surface area contributed by atoms with Crippen molar-refractivity contribution in [2.45, 2.75) is 33.2 Å². The molecule has 1 aliphatic rings. The Hall–Kier alpha value is -2.24. The van der Waals surface area contributed by atoms with Gasteiger partial charge < -0.3 is 4.90 Å². The first-order valence-corrected chi connectivity index (χ1v) is 7.75. The van der Waals surface area contributed by atoms with Crippen LogP contribution >= 0.6 is 0 Å². The third-order valence-corrected chi connectivity index (χ3v) is 4.17. The molecule has 2 aromatic rings. The van der Waals surface area contributed by atoms with E-state index in [0.717, 1.165) is 49.4 Å². The van der Waals surface area contributed by atoms with E-state index < -0.39 is 0 Å². The van der Waals surface area contributed by atoms with Crippen LogP contribution in [0.3, 0.4) is 0 Å². The summed E-state index contributed by atoms with van der Waals surface area (Å²) in [7, 11) is 0. The molecule has 0 spiro atoms. The van der Waals surface area contributed by atoms with Gasteiger partial charge in [-0.05, 0) is 25.7 Å². The van der Waals surface area contributed by atoms with E-state index in [1.54, 1.807) is 13.1 Å². The standard InChI is InChI=1S/C16H21N5O/c1-3-21-11-14(7-18-21)16-9-17-8-15(19-16)6-13-4-5-20(10-13)12(2)22/h7-9,11,13H,3-6,10H2,1-2H3/t13-/m1/s1. The number of likely N-dealkylation sites (tertiary alicyclic amines) is 1. The molecule has 0 saturated carbocycles. The maximum Gasteiger partial charge on any atom is 0.219 e. The van der Waals surface area contributed by atoms with E-state index in [0.29, 0.717) is 5.92 Å². The highest BCUT2D eigenvalue weighted by atomic mass is 16.2. The molecule has 1 amide bonds. The van der Waals surface area contributed by atoms with Gasteiger partial charge in [0.1, 0.15) is 0 Å². The van der Waals surface area contributed by atoms with Crippen LogP contribution in [0.25, 0.3) is 11.3 Å². The number of aryl methyl sites for hydroxylation is 1. The second-order valence-electron chi connectivity index (χ2n) is 5.80. The van der Waals surface area contributed by atoms with Gasteiger partial charge in [-0.3, -0.25) is 14.5 Å². The summed E-state index contributed by atoms with van der Waals surface area (Å²) in [5.74, 6) is 0.640. The van der Waals surface area contributed by atoms with Crippen molar-refractivity contribution in [3.05, 3.63) is 30.5 Å². The van der Waals surface area contributed by atoms with E-state index in [-0.39, 0.29) is 5.91 Å². The quantitative estimate of drug-likeness (QED) is 0.863. The second kappa shape index (κ2) is 6.25. The molecule has 6 heteroatoms. The molecule has 0 unspecified atom stereocenters. The lowest BCUT2D eigenvalue weighted by molar-refractivity contribution is -0.127. The van der Waals surface area contributed by atoms with Gasteiger partial charge in [0, 0.05) is 44.5 Å². The average molecular weight is 299 g/mol. The number of carbonyl (C=O) groups excluding carboxylic acids is 1. The normalized spacial score (nSPS) is 17.9. The minimum absolute atomic E-state index is 0.161. The summed E-state index contributed by atoms with van der Waals surface area (Å²) in [6.45, 7) is 6.22. The van der Waals surface area contributed by atoms with Crippen LogP contribution in [0.15, 0.2) is 24.8 Å². The van der Waals surface area contributed by atoms with E-state index in [2.05, 4.69) is 17.0 Å². The predicted molar refractivity (Wildman–Crippen MR) is 83.0 cm³/mol. The van der Waals surface area contributed by atoms with Crippen molar-refractivity contribution in [2.24, 2.45) is 5.92 Å². The number of nitrogens with zero attached hydrogens (tertiary/aromatic N) is 5. The molecule has 0 aromatic carbocycles. The van der Waals surface area contributed by atoms with E-state index >= 15 is 0 Å². The number of amides is 1. The Morgan fingerprint density at radius 2 is 2.23 bits per heavy atom. The molecule has 22 heavy (non-hydrogen) atoms. The molecule has 0 bridgehead atoms. The predicted octanol–water partition coefficient (Wildman–Crippen LogP) is 1.77. The molecule has 0 N–H and O–H groups in total. The molecule has 3 heterocycles. The van der Waals surface area contributed by atoms with Gasteiger partial charge in [0.2, 0.25) is 5.91 Å². The van der Waals surface area contributed by atoms with Crippen LogP contribution in [0.1, 0.15) is 26.0 Å². The highest BCUT2D eigenvalue weighted by molar-refractivity contribution is 5.73. The molecule has 1 atom stereocenters. The number of hydrogen-bond acceptors (Lipinski definition) is 4. The van der Waals surface area contributed by atoms with Crippen molar-refractivity contribution in [1.29, 1.82) is 0 Å². The molecule has 1 fully saturated rings. The molecule has 116 valence electrons. The zero-order valence-electron chi connectivity index (χ0n) is 13.1. The number of aromatic nitrogens is 4. The molecule has 0 radical (unpaired) electrons. The number of rotatable bonds is 4. The molecule has 0 aliphatic carbocycles. The SMILES string of the molecule is CCn1cc(-c2cncc(C[C@H]3CCN(C(C)=O)C3)n2)cn1. The van der Waals surface area contributed by atoms with E-state index in [1.165, 1.54) is 0 Å². The van der Waals surface area contributed by atoms with Crippen LogP contribution in [0, 0.1) is 5.92 Å². The Bertz CT molecular complexity index is 666. The molecule has 2 aromatic heterocycles. The average Bonchev–Trinajstić information content (AvgIpc) is 3.16. The van der Waals surface area contributed by atoms with Crippen molar-refractivity contribution in [1.82, 2.24) is 24.6 Å². The summed E-state index contributed by atoms with van der Waals surface area (Å²) in [4.78, 5) is 22.3. The van der Waals surface area contributed by atoms with Crippen LogP contribution in [0.2, 0.25) is 0 Å². The van der Waals surface area contributed by atoms with Crippen molar-refractivity contribution in [3.8, 4) is 11.3 Å². The summed E-state index contributed by atoms with van der Waals surface area (Å²) in [5, 5.41) is 4.28. The fourth-order valence-corrected chi connectivity index (χ4v) is 2.89. The lowest BCUT2D eigenvalue weighted by Gasteiger charge is -2.13. The minimum atomic E-state index is 0.161. The van der Waals surface area contributed by atoms with Gasteiger partial charge in [-0.15, -0.1) is 0 Å². The summed E-state index contributed by atoms with van der Waals surface area (Å²) >= 11 is 0. The van der Waals surface area contributed by atoms with Gasteiger partial charge >= 0.3 is 0 Å². The Morgan fingerprint density at radius 3 is 2.91 bits per heavy atom. The van der Waals surface area contributed by atoms with Crippen molar-refractivity contribution in [2.75, 3.05) is 13.1 Å².